The van der Waals surface area contributed by atoms with Crippen molar-refractivity contribution < 1.29 is 22.8 Å². The number of fused-ring (bicyclic) bond motifs is 1. The molecule has 0 aromatic heterocycles. The van der Waals surface area contributed by atoms with Crippen LogP contribution in [0.5, 0.6) is 0 Å². The second-order valence-electron chi connectivity index (χ2n) is 7.45. The Balaban J connectivity index is 1.67. The molecule has 30 heavy (non-hydrogen) atoms. The molecular weight excluding hydrogens is 393 g/mol. The number of benzene rings is 3. The second-order valence-corrected chi connectivity index (χ2v) is 7.45. The third-order valence-electron chi connectivity index (χ3n) is 5.46. The smallest absolute Gasteiger partial charge is 0.253 e. The summed E-state index contributed by atoms with van der Waals surface area (Å²) >= 11 is 0. The van der Waals surface area contributed by atoms with Crippen molar-refractivity contribution in [2.75, 3.05) is 13.1 Å². The summed E-state index contributed by atoms with van der Waals surface area (Å²) in [4.78, 5) is 25.4. The SMILES string of the molecule is NC(=O)c1ccc(-c2cccc3cc(C(=O)N4CCC(F)(F)CC4)ccc23)cc1F. The van der Waals surface area contributed by atoms with Crippen molar-refractivity contribution in [2.24, 2.45) is 5.73 Å². The highest BCUT2D eigenvalue weighted by Crippen LogP contribution is 2.32. The molecule has 3 aromatic carbocycles. The normalized spacial score (nSPS) is 15.9. The fourth-order valence-corrected chi connectivity index (χ4v) is 3.77. The van der Waals surface area contributed by atoms with Crippen LogP contribution in [-0.4, -0.2) is 35.7 Å². The van der Waals surface area contributed by atoms with E-state index in [2.05, 4.69) is 0 Å². The van der Waals surface area contributed by atoms with Gasteiger partial charge in [-0.2, -0.15) is 0 Å². The van der Waals surface area contributed by atoms with Gasteiger partial charge in [0.1, 0.15) is 5.82 Å². The van der Waals surface area contributed by atoms with Gasteiger partial charge in [0.05, 0.1) is 5.56 Å². The first-order valence-electron chi connectivity index (χ1n) is 9.55. The number of likely N-dealkylation sites (tertiary alicyclic amines) is 1. The second kappa shape index (κ2) is 7.48. The molecule has 0 saturated carbocycles. The van der Waals surface area contributed by atoms with Crippen molar-refractivity contribution in [3.63, 3.8) is 0 Å². The summed E-state index contributed by atoms with van der Waals surface area (Å²) in [5.74, 6) is -4.54. The minimum absolute atomic E-state index is 0.0232. The molecule has 1 heterocycles. The van der Waals surface area contributed by atoms with Crippen molar-refractivity contribution in [3.05, 3.63) is 71.5 Å². The molecule has 1 aliphatic rings. The van der Waals surface area contributed by atoms with Crippen LogP contribution in [0.3, 0.4) is 0 Å². The maximum absolute atomic E-state index is 14.2. The molecular formula is C23H19F3N2O2. The lowest BCUT2D eigenvalue weighted by Crippen LogP contribution is -2.42. The van der Waals surface area contributed by atoms with Gasteiger partial charge in [0.15, 0.2) is 0 Å². The minimum atomic E-state index is -2.71. The number of hydrogen-bond acceptors (Lipinski definition) is 2. The Morgan fingerprint density at radius 2 is 1.70 bits per heavy atom. The van der Waals surface area contributed by atoms with Gasteiger partial charge in [-0.05, 0) is 46.2 Å². The number of carbonyl (C=O) groups excluding carboxylic acids is 2. The zero-order valence-electron chi connectivity index (χ0n) is 16.0. The number of nitrogens with zero attached hydrogens (tertiary/aromatic N) is 1. The van der Waals surface area contributed by atoms with E-state index in [1.165, 1.54) is 17.0 Å². The summed E-state index contributed by atoms with van der Waals surface area (Å²) in [6.45, 7) is 0.0464. The van der Waals surface area contributed by atoms with E-state index in [-0.39, 0.29) is 37.4 Å². The number of hydrogen-bond donors (Lipinski definition) is 1. The standard InChI is InChI=1S/C23H19F3N2O2/c24-20-13-15(4-7-19(20)21(27)29)17-3-1-2-14-12-16(5-6-18(14)17)22(30)28-10-8-23(25,26)9-11-28/h1-7,12-13H,8-11H2,(H2,27,29). The van der Waals surface area contributed by atoms with Gasteiger partial charge in [-0.25, -0.2) is 13.2 Å². The van der Waals surface area contributed by atoms with E-state index in [9.17, 15) is 22.8 Å². The number of primary amides is 1. The average molecular weight is 412 g/mol. The van der Waals surface area contributed by atoms with Crippen LogP contribution < -0.4 is 5.73 Å². The first-order chi connectivity index (χ1) is 14.2. The number of piperidine rings is 1. The molecule has 0 radical (unpaired) electrons. The number of amides is 2. The summed E-state index contributed by atoms with van der Waals surface area (Å²) in [7, 11) is 0. The van der Waals surface area contributed by atoms with E-state index in [4.69, 9.17) is 5.73 Å². The Bertz CT molecular complexity index is 1150. The van der Waals surface area contributed by atoms with Crippen molar-refractivity contribution >= 4 is 22.6 Å². The summed E-state index contributed by atoms with van der Waals surface area (Å²) in [5.41, 5.74) is 6.70. The highest BCUT2D eigenvalue weighted by atomic mass is 19.3. The number of carbonyl (C=O) groups is 2. The summed E-state index contributed by atoms with van der Waals surface area (Å²) in [6.07, 6.45) is -0.660. The lowest BCUT2D eigenvalue weighted by molar-refractivity contribution is -0.0494. The Morgan fingerprint density at radius 3 is 2.37 bits per heavy atom. The van der Waals surface area contributed by atoms with Crippen molar-refractivity contribution in [3.8, 4) is 11.1 Å². The number of rotatable bonds is 3. The predicted molar refractivity (Wildman–Crippen MR) is 108 cm³/mol. The topological polar surface area (TPSA) is 63.4 Å². The predicted octanol–water partition coefficient (Wildman–Crippen LogP) is 4.62. The Kier molecular flexibility index (Phi) is 4.97. The highest BCUT2D eigenvalue weighted by molar-refractivity contribution is 6.03. The zero-order chi connectivity index (χ0) is 21.5. The van der Waals surface area contributed by atoms with Gasteiger partial charge in [0.2, 0.25) is 0 Å². The molecule has 2 N–H and O–H groups in total. The van der Waals surface area contributed by atoms with Crippen LogP contribution in [0.4, 0.5) is 13.2 Å². The Hall–Kier alpha value is -3.35. The minimum Gasteiger partial charge on any atom is -0.366 e. The van der Waals surface area contributed by atoms with E-state index < -0.39 is 17.6 Å². The number of alkyl halides is 2. The molecule has 0 aliphatic carbocycles. The number of nitrogens with two attached hydrogens (primary N) is 1. The van der Waals surface area contributed by atoms with E-state index >= 15 is 0 Å². The van der Waals surface area contributed by atoms with Crippen LogP contribution in [0, 0.1) is 5.82 Å². The van der Waals surface area contributed by atoms with Crippen LogP contribution in [0.15, 0.2) is 54.6 Å². The summed E-state index contributed by atoms with van der Waals surface area (Å²) in [6, 6.07) is 14.8. The zero-order valence-corrected chi connectivity index (χ0v) is 16.0. The van der Waals surface area contributed by atoms with Gasteiger partial charge < -0.3 is 10.6 Å². The van der Waals surface area contributed by atoms with Gasteiger partial charge in [0.25, 0.3) is 17.7 Å². The number of halogens is 3. The van der Waals surface area contributed by atoms with Crippen molar-refractivity contribution in [1.82, 2.24) is 4.90 Å². The molecule has 4 rings (SSSR count). The Labute approximate surface area is 171 Å². The molecule has 0 spiro atoms. The lowest BCUT2D eigenvalue weighted by Gasteiger charge is -2.31. The first-order valence-corrected chi connectivity index (χ1v) is 9.55. The van der Waals surface area contributed by atoms with Crippen molar-refractivity contribution in [2.45, 2.75) is 18.8 Å². The molecule has 2 amide bonds. The van der Waals surface area contributed by atoms with E-state index in [0.717, 1.165) is 16.3 Å². The average Bonchev–Trinajstić information content (AvgIpc) is 2.72. The van der Waals surface area contributed by atoms with E-state index in [0.29, 0.717) is 11.1 Å². The third kappa shape index (κ3) is 3.75. The fraction of sp³-hybridized carbons (Fsp3) is 0.217. The Morgan fingerprint density at radius 1 is 0.967 bits per heavy atom. The molecule has 0 bridgehead atoms. The van der Waals surface area contributed by atoms with Crippen molar-refractivity contribution in [1.29, 1.82) is 0 Å². The van der Waals surface area contributed by atoms with Gasteiger partial charge in [-0.3, -0.25) is 9.59 Å². The molecule has 1 fully saturated rings. The monoisotopic (exact) mass is 412 g/mol. The van der Waals surface area contributed by atoms with Gasteiger partial charge >= 0.3 is 0 Å². The molecule has 7 heteroatoms. The lowest BCUT2D eigenvalue weighted by atomic mass is 9.95. The highest BCUT2D eigenvalue weighted by Gasteiger charge is 2.35. The third-order valence-corrected chi connectivity index (χ3v) is 5.46. The maximum atomic E-state index is 14.2. The summed E-state index contributed by atoms with van der Waals surface area (Å²) in [5, 5.41) is 1.56. The van der Waals surface area contributed by atoms with Gasteiger partial charge in [-0.15, -0.1) is 0 Å². The van der Waals surface area contributed by atoms with Gasteiger partial charge in [0, 0.05) is 31.5 Å². The molecule has 0 atom stereocenters. The van der Waals surface area contributed by atoms with E-state index in [1.807, 2.05) is 12.1 Å². The van der Waals surface area contributed by atoms with Crippen LogP contribution in [0.1, 0.15) is 33.6 Å². The van der Waals surface area contributed by atoms with Crippen LogP contribution >= 0.6 is 0 Å². The van der Waals surface area contributed by atoms with Crippen LogP contribution in [0.2, 0.25) is 0 Å². The maximum Gasteiger partial charge on any atom is 0.253 e. The molecule has 3 aromatic rings. The summed E-state index contributed by atoms with van der Waals surface area (Å²) < 4.78 is 40.9. The molecule has 0 unspecified atom stereocenters. The largest absolute Gasteiger partial charge is 0.366 e. The fourth-order valence-electron chi connectivity index (χ4n) is 3.77. The van der Waals surface area contributed by atoms with E-state index in [1.54, 1.807) is 30.3 Å². The molecule has 4 nitrogen and oxygen atoms in total. The quantitative estimate of drug-likeness (QED) is 0.683. The molecule has 1 saturated heterocycles. The van der Waals surface area contributed by atoms with Gasteiger partial charge in [-0.1, -0.05) is 30.3 Å². The first kappa shape index (κ1) is 19.9. The van der Waals surface area contributed by atoms with Crippen LogP contribution in [-0.2, 0) is 0 Å². The molecule has 1 aliphatic heterocycles. The molecule has 154 valence electrons. The van der Waals surface area contributed by atoms with Crippen LogP contribution in [0.25, 0.3) is 21.9 Å².